The molecular formula is C12H16F3NO. The maximum atomic E-state index is 11.9. The van der Waals surface area contributed by atoms with Gasteiger partial charge in [0.05, 0.1) is 0 Å². The van der Waals surface area contributed by atoms with E-state index in [1.165, 1.54) is 12.1 Å². The van der Waals surface area contributed by atoms with Gasteiger partial charge in [-0.05, 0) is 30.2 Å². The van der Waals surface area contributed by atoms with Gasteiger partial charge in [-0.3, -0.25) is 0 Å². The molecule has 0 saturated heterocycles. The first-order valence-corrected chi connectivity index (χ1v) is 5.40. The minimum Gasteiger partial charge on any atom is -0.484 e. The van der Waals surface area contributed by atoms with Gasteiger partial charge in [0.1, 0.15) is 5.75 Å². The standard InChI is InChI=1S/C12H16F3NO/c1-9(2)7-16-10-3-5-11(6-4-10)17-8-12(13,14)15/h3-6,9,16H,7-8H2,1-2H3. The van der Waals surface area contributed by atoms with Gasteiger partial charge in [0.2, 0.25) is 0 Å². The highest BCUT2D eigenvalue weighted by molar-refractivity contribution is 5.46. The summed E-state index contributed by atoms with van der Waals surface area (Å²) in [6.45, 7) is 3.72. The summed E-state index contributed by atoms with van der Waals surface area (Å²) >= 11 is 0. The molecule has 0 aliphatic rings. The van der Waals surface area contributed by atoms with Crippen molar-refractivity contribution in [2.45, 2.75) is 20.0 Å². The lowest BCUT2D eigenvalue weighted by Gasteiger charge is -2.11. The highest BCUT2D eigenvalue weighted by atomic mass is 19.4. The van der Waals surface area contributed by atoms with E-state index >= 15 is 0 Å². The quantitative estimate of drug-likeness (QED) is 0.856. The highest BCUT2D eigenvalue weighted by Gasteiger charge is 2.28. The van der Waals surface area contributed by atoms with Gasteiger partial charge in [-0.15, -0.1) is 0 Å². The zero-order valence-electron chi connectivity index (χ0n) is 9.84. The first-order valence-electron chi connectivity index (χ1n) is 5.40. The molecule has 5 heteroatoms. The van der Waals surface area contributed by atoms with E-state index < -0.39 is 12.8 Å². The fourth-order valence-electron chi connectivity index (χ4n) is 1.16. The molecule has 1 aromatic carbocycles. The Bertz CT molecular complexity index is 333. The van der Waals surface area contributed by atoms with Crippen molar-refractivity contribution < 1.29 is 17.9 Å². The first kappa shape index (κ1) is 13.7. The average Bonchev–Trinajstić information content (AvgIpc) is 2.24. The molecule has 1 aromatic rings. The van der Waals surface area contributed by atoms with Crippen LogP contribution in [-0.4, -0.2) is 19.3 Å². The fraction of sp³-hybridized carbons (Fsp3) is 0.500. The number of hydrogen-bond donors (Lipinski definition) is 1. The smallest absolute Gasteiger partial charge is 0.422 e. The summed E-state index contributed by atoms with van der Waals surface area (Å²) in [5, 5.41) is 3.17. The summed E-state index contributed by atoms with van der Waals surface area (Å²) in [6.07, 6.45) is -4.30. The van der Waals surface area contributed by atoms with Crippen molar-refractivity contribution in [3.05, 3.63) is 24.3 Å². The van der Waals surface area contributed by atoms with Gasteiger partial charge in [0, 0.05) is 12.2 Å². The molecule has 17 heavy (non-hydrogen) atoms. The summed E-state index contributed by atoms with van der Waals surface area (Å²) in [4.78, 5) is 0. The van der Waals surface area contributed by atoms with Crippen molar-refractivity contribution in [1.29, 1.82) is 0 Å². The largest absolute Gasteiger partial charge is 0.484 e. The number of hydrogen-bond acceptors (Lipinski definition) is 2. The lowest BCUT2D eigenvalue weighted by atomic mass is 10.2. The van der Waals surface area contributed by atoms with Crippen LogP contribution in [0.1, 0.15) is 13.8 Å². The topological polar surface area (TPSA) is 21.3 Å². The third kappa shape index (κ3) is 6.04. The van der Waals surface area contributed by atoms with Gasteiger partial charge in [-0.1, -0.05) is 13.8 Å². The normalized spacial score (nSPS) is 11.6. The number of rotatable bonds is 5. The van der Waals surface area contributed by atoms with Crippen LogP contribution < -0.4 is 10.1 Å². The summed E-state index contributed by atoms with van der Waals surface area (Å²) in [7, 11) is 0. The maximum absolute atomic E-state index is 11.9. The molecule has 0 heterocycles. The zero-order chi connectivity index (χ0) is 12.9. The average molecular weight is 247 g/mol. The lowest BCUT2D eigenvalue weighted by Crippen LogP contribution is -2.19. The Morgan fingerprint density at radius 2 is 1.76 bits per heavy atom. The molecule has 0 amide bonds. The molecule has 0 unspecified atom stereocenters. The molecule has 1 rings (SSSR count). The van der Waals surface area contributed by atoms with Gasteiger partial charge in [-0.2, -0.15) is 13.2 Å². The predicted octanol–water partition coefficient (Wildman–Crippen LogP) is 3.70. The van der Waals surface area contributed by atoms with E-state index in [0.717, 1.165) is 12.2 Å². The number of alkyl halides is 3. The summed E-state index contributed by atoms with van der Waals surface area (Å²) in [6, 6.07) is 6.45. The van der Waals surface area contributed by atoms with Crippen LogP contribution in [0.5, 0.6) is 5.75 Å². The van der Waals surface area contributed by atoms with Crippen LogP contribution in [0.3, 0.4) is 0 Å². The van der Waals surface area contributed by atoms with Crippen molar-refractivity contribution in [2.75, 3.05) is 18.5 Å². The monoisotopic (exact) mass is 247 g/mol. The molecule has 0 aromatic heterocycles. The molecule has 0 aliphatic carbocycles. The van der Waals surface area contributed by atoms with E-state index in [9.17, 15) is 13.2 Å². The fourth-order valence-corrected chi connectivity index (χ4v) is 1.16. The number of halogens is 3. The number of anilines is 1. The van der Waals surface area contributed by atoms with Crippen molar-refractivity contribution in [2.24, 2.45) is 5.92 Å². The molecule has 0 atom stereocenters. The number of nitrogens with one attached hydrogen (secondary N) is 1. The third-order valence-electron chi connectivity index (χ3n) is 1.97. The molecule has 0 saturated carbocycles. The van der Waals surface area contributed by atoms with Gasteiger partial charge < -0.3 is 10.1 Å². The Morgan fingerprint density at radius 3 is 2.24 bits per heavy atom. The van der Waals surface area contributed by atoms with Crippen LogP contribution in [0.4, 0.5) is 18.9 Å². The van der Waals surface area contributed by atoms with Crippen LogP contribution in [0, 0.1) is 5.92 Å². The Kier molecular flexibility index (Phi) is 4.66. The molecule has 0 aliphatic heterocycles. The molecule has 1 N–H and O–H groups in total. The van der Waals surface area contributed by atoms with Crippen LogP contribution >= 0.6 is 0 Å². The summed E-state index contributed by atoms with van der Waals surface area (Å²) in [5.74, 6) is 0.730. The third-order valence-corrected chi connectivity index (χ3v) is 1.97. The molecule has 0 spiro atoms. The second-order valence-corrected chi connectivity index (χ2v) is 4.20. The van der Waals surface area contributed by atoms with Gasteiger partial charge >= 0.3 is 6.18 Å². The minimum absolute atomic E-state index is 0.220. The van der Waals surface area contributed by atoms with Crippen LogP contribution in [0.15, 0.2) is 24.3 Å². The summed E-state index contributed by atoms with van der Waals surface area (Å²) in [5.41, 5.74) is 0.873. The predicted molar refractivity (Wildman–Crippen MR) is 61.3 cm³/mol. The van der Waals surface area contributed by atoms with E-state index in [1.54, 1.807) is 12.1 Å². The molecule has 96 valence electrons. The van der Waals surface area contributed by atoms with Crippen molar-refractivity contribution in [3.63, 3.8) is 0 Å². The van der Waals surface area contributed by atoms with E-state index in [0.29, 0.717) is 5.92 Å². The van der Waals surface area contributed by atoms with E-state index in [-0.39, 0.29) is 5.75 Å². The Balaban J connectivity index is 2.45. The molecule has 2 nitrogen and oxygen atoms in total. The zero-order valence-corrected chi connectivity index (χ0v) is 9.84. The molecule has 0 bridgehead atoms. The maximum Gasteiger partial charge on any atom is 0.422 e. The van der Waals surface area contributed by atoms with Gasteiger partial charge in [-0.25, -0.2) is 0 Å². The second-order valence-electron chi connectivity index (χ2n) is 4.20. The Morgan fingerprint density at radius 1 is 1.18 bits per heavy atom. The minimum atomic E-state index is -4.30. The van der Waals surface area contributed by atoms with Crippen molar-refractivity contribution in [3.8, 4) is 5.75 Å². The van der Waals surface area contributed by atoms with Gasteiger partial charge in [0.15, 0.2) is 6.61 Å². The number of ether oxygens (including phenoxy) is 1. The molecule has 0 radical (unpaired) electrons. The second kappa shape index (κ2) is 5.80. The van der Waals surface area contributed by atoms with Crippen molar-refractivity contribution >= 4 is 5.69 Å². The van der Waals surface area contributed by atoms with Crippen molar-refractivity contribution in [1.82, 2.24) is 0 Å². The van der Waals surface area contributed by atoms with Crippen LogP contribution in [0.2, 0.25) is 0 Å². The highest BCUT2D eigenvalue weighted by Crippen LogP contribution is 2.20. The first-order chi connectivity index (χ1) is 7.87. The van der Waals surface area contributed by atoms with E-state index in [2.05, 4.69) is 23.9 Å². The molecule has 0 fully saturated rings. The van der Waals surface area contributed by atoms with Gasteiger partial charge in [0.25, 0.3) is 0 Å². The Hall–Kier alpha value is -1.39. The lowest BCUT2D eigenvalue weighted by molar-refractivity contribution is -0.153. The number of benzene rings is 1. The molecular weight excluding hydrogens is 231 g/mol. The summed E-state index contributed by atoms with van der Waals surface area (Å²) < 4.78 is 40.3. The van der Waals surface area contributed by atoms with Crippen LogP contribution in [0.25, 0.3) is 0 Å². The van der Waals surface area contributed by atoms with E-state index in [1.807, 2.05) is 0 Å². The van der Waals surface area contributed by atoms with E-state index in [4.69, 9.17) is 0 Å². The van der Waals surface area contributed by atoms with Crippen LogP contribution in [-0.2, 0) is 0 Å². The Labute approximate surface area is 98.8 Å². The SMILES string of the molecule is CC(C)CNc1ccc(OCC(F)(F)F)cc1.